The molecule has 1 N–H and O–H groups in total. The highest BCUT2D eigenvalue weighted by Crippen LogP contribution is 2.30. The molecule has 0 amide bonds. The van der Waals surface area contributed by atoms with Crippen LogP contribution in [0.15, 0.2) is 54.6 Å². The Morgan fingerprint density at radius 2 is 1.55 bits per heavy atom. The normalized spacial score (nSPS) is 10.7. The summed E-state index contributed by atoms with van der Waals surface area (Å²) >= 11 is 0. The van der Waals surface area contributed by atoms with Crippen molar-refractivity contribution >= 4 is 0 Å². The fourth-order valence-corrected chi connectivity index (χ4v) is 2.22. The second kappa shape index (κ2) is 4.85. The van der Waals surface area contributed by atoms with Crippen LogP contribution in [-0.2, 0) is 0 Å². The molecule has 20 heavy (non-hydrogen) atoms. The number of aromatic hydroxyl groups is 1. The largest absolute Gasteiger partial charge is 0.493 e. The number of hydrogen-bond acceptors (Lipinski definition) is 2. The molecule has 1 aromatic heterocycles. The quantitative estimate of drug-likeness (QED) is 0.763. The zero-order valence-electron chi connectivity index (χ0n) is 11.5. The molecule has 3 rings (SSSR count). The molecule has 0 bridgehead atoms. The number of aryl methyl sites for hydroxylation is 1. The van der Waals surface area contributed by atoms with Crippen molar-refractivity contribution < 1.29 is 5.11 Å². The highest BCUT2D eigenvalue weighted by molar-refractivity contribution is 5.65. The highest BCUT2D eigenvalue weighted by atomic mass is 16.3. The molecule has 0 saturated carbocycles. The summed E-state index contributed by atoms with van der Waals surface area (Å²) in [7, 11) is 0. The molecule has 2 aromatic carbocycles. The number of benzene rings is 2. The van der Waals surface area contributed by atoms with Gasteiger partial charge in [0.25, 0.3) is 0 Å². The zero-order valence-corrected chi connectivity index (χ0v) is 11.5. The molecule has 3 nitrogen and oxygen atoms in total. The fourth-order valence-electron chi connectivity index (χ4n) is 2.22. The van der Waals surface area contributed by atoms with E-state index in [-0.39, 0.29) is 5.88 Å². The lowest BCUT2D eigenvalue weighted by atomic mass is 10.1. The highest BCUT2D eigenvalue weighted by Gasteiger charge is 2.15. The van der Waals surface area contributed by atoms with Crippen molar-refractivity contribution in [2.24, 2.45) is 0 Å². The van der Waals surface area contributed by atoms with E-state index in [4.69, 9.17) is 0 Å². The Morgan fingerprint density at radius 1 is 0.900 bits per heavy atom. The molecule has 100 valence electrons. The van der Waals surface area contributed by atoms with E-state index in [1.165, 1.54) is 5.56 Å². The minimum atomic E-state index is 0.188. The Kier molecular flexibility index (Phi) is 3.03. The second-order valence-corrected chi connectivity index (χ2v) is 4.91. The van der Waals surface area contributed by atoms with Crippen molar-refractivity contribution in [1.29, 1.82) is 0 Å². The molecule has 0 spiro atoms. The summed E-state index contributed by atoms with van der Waals surface area (Å²) in [5.74, 6) is 0.188. The summed E-state index contributed by atoms with van der Waals surface area (Å²) < 4.78 is 1.58. The molecule has 0 unspecified atom stereocenters. The Morgan fingerprint density at radius 3 is 2.20 bits per heavy atom. The Labute approximate surface area is 118 Å². The van der Waals surface area contributed by atoms with E-state index in [0.717, 1.165) is 22.5 Å². The molecule has 0 saturated heterocycles. The third-order valence-corrected chi connectivity index (χ3v) is 3.42. The third kappa shape index (κ3) is 2.07. The summed E-state index contributed by atoms with van der Waals surface area (Å²) in [6, 6.07) is 17.8. The molecule has 3 aromatic rings. The van der Waals surface area contributed by atoms with Gasteiger partial charge in [0.1, 0.15) is 0 Å². The van der Waals surface area contributed by atoms with Crippen LogP contribution in [0.4, 0.5) is 0 Å². The monoisotopic (exact) mass is 264 g/mol. The van der Waals surface area contributed by atoms with Gasteiger partial charge in [0, 0.05) is 11.1 Å². The molecule has 0 atom stereocenters. The van der Waals surface area contributed by atoms with Gasteiger partial charge in [0.05, 0.1) is 11.4 Å². The lowest BCUT2D eigenvalue weighted by Gasteiger charge is -2.03. The lowest BCUT2D eigenvalue weighted by molar-refractivity contribution is 0.430. The minimum absolute atomic E-state index is 0.188. The summed E-state index contributed by atoms with van der Waals surface area (Å²) in [5, 5.41) is 14.8. The van der Waals surface area contributed by atoms with E-state index in [1.54, 1.807) is 4.68 Å². The maximum Gasteiger partial charge on any atom is 0.217 e. The SMILES string of the molecule is Cc1ccc(-n2nc(-c3ccccc3)c(C)c2O)cc1. The van der Waals surface area contributed by atoms with E-state index in [0.29, 0.717) is 0 Å². The van der Waals surface area contributed by atoms with Crippen molar-refractivity contribution in [3.63, 3.8) is 0 Å². The van der Waals surface area contributed by atoms with E-state index < -0.39 is 0 Å². The summed E-state index contributed by atoms with van der Waals surface area (Å²) in [6.07, 6.45) is 0. The van der Waals surface area contributed by atoms with Crippen LogP contribution in [0.5, 0.6) is 5.88 Å². The van der Waals surface area contributed by atoms with Gasteiger partial charge in [-0.05, 0) is 26.0 Å². The third-order valence-electron chi connectivity index (χ3n) is 3.42. The molecule has 3 heteroatoms. The predicted molar refractivity (Wildman–Crippen MR) is 80.1 cm³/mol. The molecule has 0 radical (unpaired) electrons. The smallest absolute Gasteiger partial charge is 0.217 e. The Hall–Kier alpha value is -2.55. The van der Waals surface area contributed by atoms with Crippen LogP contribution in [0.25, 0.3) is 16.9 Å². The van der Waals surface area contributed by atoms with E-state index in [9.17, 15) is 5.11 Å². The van der Waals surface area contributed by atoms with Gasteiger partial charge in [-0.25, -0.2) is 4.68 Å². The number of aromatic nitrogens is 2. The Balaban J connectivity index is 2.13. The van der Waals surface area contributed by atoms with Gasteiger partial charge in [-0.15, -0.1) is 0 Å². The van der Waals surface area contributed by atoms with E-state index >= 15 is 0 Å². The first-order chi connectivity index (χ1) is 9.66. The fraction of sp³-hybridized carbons (Fsp3) is 0.118. The lowest BCUT2D eigenvalue weighted by Crippen LogP contribution is -1.95. The van der Waals surface area contributed by atoms with E-state index in [2.05, 4.69) is 5.10 Å². The van der Waals surface area contributed by atoms with Crippen LogP contribution in [0.3, 0.4) is 0 Å². The van der Waals surface area contributed by atoms with Crippen LogP contribution in [0, 0.1) is 13.8 Å². The van der Waals surface area contributed by atoms with Gasteiger partial charge in [0.2, 0.25) is 5.88 Å². The van der Waals surface area contributed by atoms with Crippen LogP contribution in [0.2, 0.25) is 0 Å². The van der Waals surface area contributed by atoms with Crippen molar-refractivity contribution in [2.75, 3.05) is 0 Å². The van der Waals surface area contributed by atoms with Gasteiger partial charge in [-0.2, -0.15) is 5.10 Å². The van der Waals surface area contributed by atoms with Gasteiger partial charge in [-0.1, -0.05) is 48.0 Å². The minimum Gasteiger partial charge on any atom is -0.493 e. The summed E-state index contributed by atoms with van der Waals surface area (Å²) in [5.41, 5.74) is 4.64. The van der Waals surface area contributed by atoms with Gasteiger partial charge >= 0.3 is 0 Å². The second-order valence-electron chi connectivity index (χ2n) is 4.91. The average molecular weight is 264 g/mol. The molecule has 0 aliphatic heterocycles. The topological polar surface area (TPSA) is 38.0 Å². The standard InChI is InChI=1S/C17H16N2O/c1-12-8-10-15(11-9-12)19-17(20)13(2)16(18-19)14-6-4-3-5-7-14/h3-11,20H,1-2H3. The van der Waals surface area contributed by atoms with Crippen molar-refractivity contribution in [1.82, 2.24) is 9.78 Å². The molecule has 1 heterocycles. The first-order valence-electron chi connectivity index (χ1n) is 6.58. The Bertz CT molecular complexity index is 728. The van der Waals surface area contributed by atoms with E-state index in [1.807, 2.05) is 68.4 Å². The maximum atomic E-state index is 10.3. The number of rotatable bonds is 2. The number of nitrogens with zero attached hydrogens (tertiary/aromatic N) is 2. The maximum absolute atomic E-state index is 10.3. The molecule has 0 aliphatic rings. The zero-order chi connectivity index (χ0) is 14.1. The van der Waals surface area contributed by atoms with Crippen LogP contribution >= 0.6 is 0 Å². The molecular formula is C17H16N2O. The molecule has 0 aliphatic carbocycles. The van der Waals surface area contributed by atoms with Gasteiger partial charge in [-0.3, -0.25) is 0 Å². The average Bonchev–Trinajstić information content (AvgIpc) is 2.77. The molecule has 0 fully saturated rings. The van der Waals surface area contributed by atoms with Crippen molar-refractivity contribution in [3.05, 3.63) is 65.7 Å². The van der Waals surface area contributed by atoms with Gasteiger partial charge in [0.15, 0.2) is 0 Å². The van der Waals surface area contributed by atoms with Crippen LogP contribution < -0.4 is 0 Å². The van der Waals surface area contributed by atoms with Gasteiger partial charge < -0.3 is 5.11 Å². The van der Waals surface area contributed by atoms with Crippen LogP contribution in [-0.4, -0.2) is 14.9 Å². The predicted octanol–water partition coefficient (Wildman–Crippen LogP) is 3.86. The summed E-state index contributed by atoms with van der Waals surface area (Å²) in [4.78, 5) is 0. The van der Waals surface area contributed by atoms with Crippen molar-refractivity contribution in [2.45, 2.75) is 13.8 Å². The summed E-state index contributed by atoms with van der Waals surface area (Å²) in [6.45, 7) is 3.92. The first-order valence-corrected chi connectivity index (χ1v) is 6.58. The van der Waals surface area contributed by atoms with Crippen LogP contribution in [0.1, 0.15) is 11.1 Å². The number of hydrogen-bond donors (Lipinski definition) is 1. The molecular weight excluding hydrogens is 248 g/mol. The van der Waals surface area contributed by atoms with Crippen molar-refractivity contribution in [3.8, 4) is 22.8 Å². The first kappa shape index (κ1) is 12.5.